The zero-order chi connectivity index (χ0) is 13.1. The van der Waals surface area contributed by atoms with Crippen LogP contribution in [0.5, 0.6) is 5.75 Å². The molecule has 0 atom stereocenters. The van der Waals surface area contributed by atoms with E-state index in [4.69, 9.17) is 16.3 Å². The van der Waals surface area contributed by atoms with Gasteiger partial charge in [-0.05, 0) is 24.1 Å². The molecule has 2 nitrogen and oxygen atoms in total. The monoisotopic (exact) mass is 255 g/mol. The summed E-state index contributed by atoms with van der Waals surface area (Å²) in [7, 11) is 3.70. The van der Waals surface area contributed by atoms with Crippen LogP contribution in [-0.2, 0) is 12.0 Å². The molecule has 0 unspecified atom stereocenters. The number of alkyl halides is 1. The highest BCUT2D eigenvalue weighted by atomic mass is 35.5. The number of halogens is 1. The molecule has 1 aromatic rings. The first-order valence-electron chi connectivity index (χ1n) is 5.80. The van der Waals surface area contributed by atoms with E-state index in [0.29, 0.717) is 6.00 Å². The lowest BCUT2D eigenvalue weighted by atomic mass is 9.86. The smallest absolute Gasteiger partial charge is 0.123 e. The molecule has 0 aliphatic carbocycles. The van der Waals surface area contributed by atoms with E-state index in [0.717, 1.165) is 12.3 Å². The van der Waals surface area contributed by atoms with Gasteiger partial charge in [-0.2, -0.15) is 0 Å². The van der Waals surface area contributed by atoms with Crippen LogP contribution in [0.2, 0.25) is 0 Å². The van der Waals surface area contributed by atoms with Crippen LogP contribution in [0.3, 0.4) is 0 Å². The maximum absolute atomic E-state index is 5.81. The van der Waals surface area contributed by atoms with Gasteiger partial charge in [-0.25, -0.2) is 0 Å². The van der Waals surface area contributed by atoms with Gasteiger partial charge in [-0.15, -0.1) is 11.6 Å². The number of benzene rings is 1. The normalized spacial score (nSPS) is 11.9. The summed E-state index contributed by atoms with van der Waals surface area (Å²) in [6.07, 6.45) is 0. The molecule has 0 bridgehead atoms. The molecule has 17 heavy (non-hydrogen) atoms. The molecule has 0 heterocycles. The summed E-state index contributed by atoms with van der Waals surface area (Å²) in [5, 5.41) is 0. The first kappa shape index (κ1) is 14.3. The Morgan fingerprint density at radius 3 is 2.41 bits per heavy atom. The third-order valence-corrected chi connectivity index (χ3v) is 3.20. The fourth-order valence-corrected chi connectivity index (χ4v) is 1.79. The molecule has 0 aliphatic rings. The van der Waals surface area contributed by atoms with Gasteiger partial charge in [0.05, 0.1) is 13.1 Å². The van der Waals surface area contributed by atoms with Crippen LogP contribution in [0.1, 0.15) is 31.9 Å². The molecule has 1 aromatic carbocycles. The van der Waals surface area contributed by atoms with E-state index in [-0.39, 0.29) is 5.41 Å². The van der Waals surface area contributed by atoms with Gasteiger partial charge in [0.15, 0.2) is 0 Å². The summed E-state index contributed by atoms with van der Waals surface area (Å²) in [4.78, 5) is 2.05. The van der Waals surface area contributed by atoms with Gasteiger partial charge >= 0.3 is 0 Å². The fourth-order valence-electron chi connectivity index (χ4n) is 1.70. The number of hydrogen-bond donors (Lipinski definition) is 0. The fraction of sp³-hybridized carbons (Fsp3) is 0.571. The van der Waals surface area contributed by atoms with Crippen molar-refractivity contribution >= 4 is 11.6 Å². The molecular weight excluding hydrogens is 234 g/mol. The predicted molar refractivity (Wildman–Crippen MR) is 73.9 cm³/mol. The highest BCUT2D eigenvalue weighted by Crippen LogP contribution is 2.28. The molecule has 0 aliphatic heterocycles. The van der Waals surface area contributed by atoms with Gasteiger partial charge in [0.1, 0.15) is 5.75 Å². The van der Waals surface area contributed by atoms with Crippen molar-refractivity contribution < 1.29 is 4.74 Å². The molecule has 0 spiro atoms. The predicted octanol–water partition coefficient (Wildman–Crippen LogP) is 3.62. The Balaban J connectivity index is 3.07. The standard InChI is InChI=1S/C14H22ClNO/c1-14(2,3)12-6-7-13(17-5)11(8-12)9-16(4)10-15/h6-8H,9-10H2,1-5H3. The zero-order valence-corrected chi connectivity index (χ0v) is 12.1. The molecule has 0 fully saturated rings. The van der Waals surface area contributed by atoms with Crippen LogP contribution < -0.4 is 4.74 Å². The lowest BCUT2D eigenvalue weighted by molar-refractivity contribution is 0.359. The topological polar surface area (TPSA) is 12.5 Å². The van der Waals surface area contributed by atoms with E-state index in [9.17, 15) is 0 Å². The van der Waals surface area contributed by atoms with E-state index in [1.54, 1.807) is 7.11 Å². The summed E-state index contributed by atoms with van der Waals surface area (Å²) in [6.45, 7) is 7.44. The van der Waals surface area contributed by atoms with Gasteiger partial charge in [0.25, 0.3) is 0 Å². The van der Waals surface area contributed by atoms with E-state index < -0.39 is 0 Å². The largest absolute Gasteiger partial charge is 0.496 e. The third kappa shape index (κ3) is 3.90. The van der Waals surface area contributed by atoms with Crippen molar-refractivity contribution in [1.82, 2.24) is 4.90 Å². The van der Waals surface area contributed by atoms with Crippen LogP contribution in [-0.4, -0.2) is 25.1 Å². The second-order valence-corrected chi connectivity index (χ2v) is 5.65. The van der Waals surface area contributed by atoms with Crippen molar-refractivity contribution in [1.29, 1.82) is 0 Å². The van der Waals surface area contributed by atoms with E-state index >= 15 is 0 Å². The SMILES string of the molecule is COc1ccc(C(C)(C)C)cc1CN(C)CCl. The maximum atomic E-state index is 5.81. The molecule has 96 valence electrons. The molecule has 1 rings (SSSR count). The van der Waals surface area contributed by atoms with Gasteiger partial charge < -0.3 is 4.74 Å². The van der Waals surface area contributed by atoms with Gasteiger partial charge in [-0.1, -0.05) is 32.9 Å². The Labute approximate surface area is 110 Å². The van der Waals surface area contributed by atoms with Crippen molar-refractivity contribution in [2.24, 2.45) is 0 Å². The van der Waals surface area contributed by atoms with Crippen molar-refractivity contribution in [2.45, 2.75) is 32.7 Å². The van der Waals surface area contributed by atoms with Crippen molar-refractivity contribution in [3.63, 3.8) is 0 Å². The molecule has 3 heteroatoms. The summed E-state index contributed by atoms with van der Waals surface area (Å²) in [6, 6.07) is 6.89. The van der Waals surface area contributed by atoms with Crippen molar-refractivity contribution in [3.8, 4) is 5.75 Å². The first-order valence-corrected chi connectivity index (χ1v) is 6.34. The van der Waals surface area contributed by atoms with E-state index in [1.165, 1.54) is 11.1 Å². The summed E-state index contributed by atoms with van der Waals surface area (Å²) < 4.78 is 5.39. The van der Waals surface area contributed by atoms with Crippen molar-refractivity contribution in [2.75, 3.05) is 20.2 Å². The average molecular weight is 256 g/mol. The lowest BCUT2D eigenvalue weighted by Crippen LogP contribution is -2.17. The minimum atomic E-state index is 0.153. The molecule has 0 amide bonds. The van der Waals surface area contributed by atoms with Crippen LogP contribution in [0.15, 0.2) is 18.2 Å². The summed E-state index contributed by atoms with van der Waals surface area (Å²) in [5.74, 6) is 0.926. The van der Waals surface area contributed by atoms with Crippen LogP contribution in [0.25, 0.3) is 0 Å². The first-order chi connectivity index (χ1) is 7.88. The quantitative estimate of drug-likeness (QED) is 0.602. The molecular formula is C14H22ClNO. The highest BCUT2D eigenvalue weighted by molar-refractivity contribution is 6.17. The maximum Gasteiger partial charge on any atom is 0.123 e. The second-order valence-electron chi connectivity index (χ2n) is 5.41. The highest BCUT2D eigenvalue weighted by Gasteiger charge is 2.16. The van der Waals surface area contributed by atoms with Crippen LogP contribution in [0.4, 0.5) is 0 Å². The molecule has 0 radical (unpaired) electrons. The number of methoxy groups -OCH3 is 1. The summed E-state index contributed by atoms with van der Waals surface area (Å²) >= 11 is 5.81. The van der Waals surface area contributed by atoms with Crippen LogP contribution in [0, 0.1) is 0 Å². The Hall–Kier alpha value is -0.730. The number of ether oxygens (including phenoxy) is 1. The van der Waals surface area contributed by atoms with Gasteiger partial charge in [0, 0.05) is 12.1 Å². The average Bonchev–Trinajstić information content (AvgIpc) is 2.27. The Kier molecular flexibility index (Phi) is 4.84. The minimum Gasteiger partial charge on any atom is -0.496 e. The number of hydrogen-bond acceptors (Lipinski definition) is 2. The Bertz CT molecular complexity index is 371. The Morgan fingerprint density at radius 2 is 1.94 bits per heavy atom. The Morgan fingerprint density at radius 1 is 1.29 bits per heavy atom. The number of nitrogens with zero attached hydrogens (tertiary/aromatic N) is 1. The van der Waals surface area contributed by atoms with Crippen LogP contribution >= 0.6 is 11.6 Å². The van der Waals surface area contributed by atoms with E-state index in [2.05, 4.69) is 32.9 Å². The lowest BCUT2D eigenvalue weighted by Gasteiger charge is -2.22. The molecule has 0 aromatic heterocycles. The molecule has 0 N–H and O–H groups in total. The summed E-state index contributed by atoms with van der Waals surface area (Å²) in [5.41, 5.74) is 2.65. The van der Waals surface area contributed by atoms with Gasteiger partial charge in [0.2, 0.25) is 0 Å². The van der Waals surface area contributed by atoms with Crippen molar-refractivity contribution in [3.05, 3.63) is 29.3 Å². The molecule has 0 saturated carbocycles. The van der Waals surface area contributed by atoms with Gasteiger partial charge in [-0.3, -0.25) is 4.90 Å². The zero-order valence-electron chi connectivity index (χ0n) is 11.4. The molecule has 0 saturated heterocycles. The third-order valence-electron chi connectivity index (χ3n) is 2.79. The second kappa shape index (κ2) is 5.74. The minimum absolute atomic E-state index is 0.153. The van der Waals surface area contributed by atoms with E-state index in [1.807, 2.05) is 18.0 Å². The number of rotatable bonds is 4.